The fraction of sp³-hybridized carbons (Fsp3) is 0.611. The fourth-order valence-corrected chi connectivity index (χ4v) is 5.05. The Hall–Kier alpha value is -1.48. The summed E-state index contributed by atoms with van der Waals surface area (Å²) < 4.78 is 32.5. The van der Waals surface area contributed by atoms with Crippen molar-refractivity contribution in [3.05, 3.63) is 30.3 Å². The van der Waals surface area contributed by atoms with Gasteiger partial charge in [-0.3, -0.25) is 10.2 Å². The molecule has 2 atom stereocenters. The van der Waals surface area contributed by atoms with Crippen LogP contribution in [0.1, 0.15) is 19.8 Å². The third-order valence-corrected chi connectivity index (χ3v) is 7.08. The Morgan fingerprint density at radius 3 is 2.58 bits per heavy atom. The van der Waals surface area contributed by atoms with Crippen molar-refractivity contribution in [1.29, 1.82) is 0 Å². The first-order chi connectivity index (χ1) is 12.5. The van der Waals surface area contributed by atoms with Crippen LogP contribution in [0.5, 0.6) is 0 Å². The van der Waals surface area contributed by atoms with Crippen LogP contribution in [0.2, 0.25) is 0 Å². The lowest BCUT2D eigenvalue weighted by Gasteiger charge is -2.35. The minimum Gasteiger partial charge on any atom is -0.379 e. The van der Waals surface area contributed by atoms with Crippen molar-refractivity contribution in [3.8, 4) is 0 Å². The van der Waals surface area contributed by atoms with Crippen LogP contribution >= 0.6 is 0 Å². The van der Waals surface area contributed by atoms with Gasteiger partial charge in [0, 0.05) is 32.1 Å². The molecule has 0 bridgehead atoms. The Balaban J connectivity index is 1.63. The molecule has 7 nitrogen and oxygen atoms in total. The van der Waals surface area contributed by atoms with E-state index in [-0.39, 0.29) is 17.7 Å². The summed E-state index contributed by atoms with van der Waals surface area (Å²) in [6, 6.07) is 8.50. The van der Waals surface area contributed by atoms with E-state index in [4.69, 9.17) is 4.74 Å². The van der Waals surface area contributed by atoms with E-state index in [9.17, 15) is 13.2 Å². The van der Waals surface area contributed by atoms with Gasteiger partial charge in [-0.1, -0.05) is 25.1 Å². The number of morpholine rings is 1. The monoisotopic (exact) mass is 381 g/mol. The Kier molecular flexibility index (Phi) is 6.29. The van der Waals surface area contributed by atoms with Crippen LogP contribution in [0, 0.1) is 11.8 Å². The molecule has 2 fully saturated rings. The average Bonchev–Trinajstić information content (AvgIpc) is 2.69. The van der Waals surface area contributed by atoms with Gasteiger partial charge in [0.1, 0.15) is 0 Å². The lowest BCUT2D eigenvalue weighted by atomic mass is 9.87. The Bertz CT molecular complexity index is 704. The second kappa shape index (κ2) is 8.47. The molecule has 0 aromatic heterocycles. The normalized spacial score (nSPS) is 24.1. The highest BCUT2D eigenvalue weighted by atomic mass is 32.2. The van der Waals surface area contributed by atoms with Gasteiger partial charge in [0.25, 0.3) is 0 Å². The number of hydrogen-bond donors (Lipinski definition) is 1. The van der Waals surface area contributed by atoms with Crippen molar-refractivity contribution < 1.29 is 17.9 Å². The molecule has 26 heavy (non-hydrogen) atoms. The van der Waals surface area contributed by atoms with E-state index in [1.165, 1.54) is 4.31 Å². The summed E-state index contributed by atoms with van der Waals surface area (Å²) in [5.74, 6) is -0.272. The summed E-state index contributed by atoms with van der Waals surface area (Å²) in [5.41, 5.74) is 2.95. The molecule has 0 saturated carbocycles. The van der Waals surface area contributed by atoms with Gasteiger partial charge in [-0.2, -0.15) is 4.31 Å². The van der Waals surface area contributed by atoms with Gasteiger partial charge in [0.2, 0.25) is 15.9 Å². The van der Waals surface area contributed by atoms with Crippen LogP contribution in [-0.2, 0) is 19.6 Å². The first kappa shape index (κ1) is 19.3. The number of nitrogens with zero attached hydrogens (tertiary/aromatic N) is 2. The van der Waals surface area contributed by atoms with Gasteiger partial charge in [-0.25, -0.2) is 13.4 Å². The van der Waals surface area contributed by atoms with Gasteiger partial charge in [0.15, 0.2) is 0 Å². The van der Waals surface area contributed by atoms with Crippen molar-refractivity contribution in [2.75, 3.05) is 39.4 Å². The lowest BCUT2D eigenvalue weighted by molar-refractivity contribution is -0.133. The number of hydrazine groups is 1. The third-order valence-electron chi connectivity index (χ3n) is 5.20. The van der Waals surface area contributed by atoms with Gasteiger partial charge in [-0.15, -0.1) is 0 Å². The van der Waals surface area contributed by atoms with Crippen LogP contribution in [-0.4, -0.2) is 63.0 Å². The molecule has 0 aliphatic carbocycles. The second-order valence-electron chi connectivity index (χ2n) is 6.94. The molecule has 0 spiro atoms. The molecule has 2 unspecified atom stereocenters. The minimum atomic E-state index is -3.51. The van der Waals surface area contributed by atoms with Crippen LogP contribution < -0.4 is 5.43 Å². The molecule has 3 rings (SSSR count). The number of ether oxygens (including phenoxy) is 1. The summed E-state index contributed by atoms with van der Waals surface area (Å²) >= 11 is 0. The average molecular weight is 381 g/mol. The molecule has 0 radical (unpaired) electrons. The van der Waals surface area contributed by atoms with E-state index in [0.29, 0.717) is 44.3 Å². The van der Waals surface area contributed by atoms with Gasteiger partial charge in [0.05, 0.1) is 18.1 Å². The second-order valence-corrected chi connectivity index (χ2v) is 8.88. The Labute approximate surface area is 155 Å². The zero-order valence-electron chi connectivity index (χ0n) is 15.1. The van der Waals surface area contributed by atoms with Crippen LogP contribution in [0.4, 0.5) is 0 Å². The molecular formula is C18H27N3O4S. The molecule has 1 amide bonds. The molecule has 1 aromatic rings. The molecule has 2 heterocycles. The topological polar surface area (TPSA) is 79.0 Å². The van der Waals surface area contributed by atoms with Crippen molar-refractivity contribution in [1.82, 2.24) is 14.7 Å². The van der Waals surface area contributed by atoms with Gasteiger partial charge >= 0.3 is 0 Å². The van der Waals surface area contributed by atoms with Crippen molar-refractivity contribution in [2.24, 2.45) is 11.8 Å². The molecule has 144 valence electrons. The Morgan fingerprint density at radius 2 is 1.88 bits per heavy atom. The van der Waals surface area contributed by atoms with E-state index in [1.807, 2.05) is 11.9 Å². The highest BCUT2D eigenvalue weighted by Gasteiger charge is 2.35. The zero-order valence-corrected chi connectivity index (χ0v) is 16.0. The first-order valence-electron chi connectivity index (χ1n) is 9.17. The molecule has 2 aliphatic heterocycles. The highest BCUT2D eigenvalue weighted by molar-refractivity contribution is 7.89. The predicted molar refractivity (Wildman–Crippen MR) is 97.6 cm³/mol. The van der Waals surface area contributed by atoms with E-state index >= 15 is 0 Å². The number of carbonyl (C=O) groups is 1. The number of sulfonamides is 1. The highest BCUT2D eigenvalue weighted by Crippen LogP contribution is 2.28. The lowest BCUT2D eigenvalue weighted by Crippen LogP contribution is -2.52. The van der Waals surface area contributed by atoms with Crippen LogP contribution in [0.3, 0.4) is 0 Å². The van der Waals surface area contributed by atoms with Crippen LogP contribution in [0.25, 0.3) is 0 Å². The first-order valence-corrected chi connectivity index (χ1v) is 10.6. The molecular weight excluding hydrogens is 354 g/mol. The summed E-state index contributed by atoms with van der Waals surface area (Å²) in [6.45, 7) is 5.36. The summed E-state index contributed by atoms with van der Waals surface area (Å²) in [5, 5.41) is 1.88. The molecule has 2 saturated heterocycles. The van der Waals surface area contributed by atoms with Crippen molar-refractivity contribution in [2.45, 2.75) is 24.7 Å². The minimum absolute atomic E-state index is 0.0169. The quantitative estimate of drug-likeness (QED) is 0.826. The number of carbonyl (C=O) groups excluding carboxylic acids is 1. The smallest absolute Gasteiger partial charge is 0.243 e. The number of rotatable bonds is 5. The van der Waals surface area contributed by atoms with E-state index < -0.39 is 10.0 Å². The number of piperidine rings is 1. The molecule has 1 N–H and O–H groups in total. The number of amides is 1. The van der Waals surface area contributed by atoms with Crippen molar-refractivity contribution in [3.63, 3.8) is 0 Å². The number of nitrogens with one attached hydrogen (secondary N) is 1. The molecule has 1 aromatic carbocycles. The number of hydrogen-bond acceptors (Lipinski definition) is 5. The number of benzene rings is 1. The third kappa shape index (κ3) is 4.43. The van der Waals surface area contributed by atoms with Gasteiger partial charge < -0.3 is 4.74 Å². The standard InChI is InChI=1S/C18H27N3O4S/c1-15(18(22)19-20-10-12-25-13-11-20)16-6-5-9-21(14-16)26(23,24)17-7-3-2-4-8-17/h2-4,7-8,15-16H,5-6,9-14H2,1H3,(H,19,22). The maximum atomic E-state index is 12.8. The SMILES string of the molecule is CC(C(=O)NN1CCOCC1)C1CCCN(S(=O)(=O)c2ccccc2)C1. The Morgan fingerprint density at radius 1 is 1.19 bits per heavy atom. The van der Waals surface area contributed by atoms with Crippen molar-refractivity contribution >= 4 is 15.9 Å². The maximum absolute atomic E-state index is 12.8. The summed E-state index contributed by atoms with van der Waals surface area (Å²) in [7, 11) is -3.51. The zero-order chi connectivity index (χ0) is 18.6. The molecule has 2 aliphatic rings. The van der Waals surface area contributed by atoms with E-state index in [1.54, 1.807) is 30.3 Å². The van der Waals surface area contributed by atoms with E-state index in [0.717, 1.165) is 12.8 Å². The molecule has 8 heteroatoms. The van der Waals surface area contributed by atoms with Gasteiger partial charge in [-0.05, 0) is 30.9 Å². The van der Waals surface area contributed by atoms with Crippen LogP contribution in [0.15, 0.2) is 35.2 Å². The summed E-state index contributed by atoms with van der Waals surface area (Å²) in [4.78, 5) is 12.9. The fourth-order valence-electron chi connectivity index (χ4n) is 3.49. The predicted octanol–water partition coefficient (Wildman–Crippen LogP) is 1.09. The maximum Gasteiger partial charge on any atom is 0.243 e. The summed E-state index contributed by atoms with van der Waals surface area (Å²) in [6.07, 6.45) is 1.63. The largest absolute Gasteiger partial charge is 0.379 e. The van der Waals surface area contributed by atoms with E-state index in [2.05, 4.69) is 5.43 Å².